The molecule has 0 spiro atoms. The molecular weight excluding hydrogens is 202 g/mol. The smallest absolute Gasteiger partial charge is 0.405 e. The number of amides is 2. The van der Waals surface area contributed by atoms with Crippen molar-refractivity contribution in [1.82, 2.24) is 10.6 Å². The van der Waals surface area contributed by atoms with E-state index in [9.17, 15) is 9.59 Å². The fourth-order valence-corrected chi connectivity index (χ4v) is 0.987. The molecule has 0 aliphatic heterocycles. The normalized spacial score (nSPS) is 11.1. The van der Waals surface area contributed by atoms with Crippen molar-refractivity contribution in [1.29, 1.82) is 5.26 Å². The minimum Gasteiger partial charge on any atom is -0.465 e. The lowest BCUT2D eigenvalue weighted by Crippen LogP contribution is -2.32. The van der Waals surface area contributed by atoms with Crippen molar-refractivity contribution in [2.45, 2.75) is 25.3 Å². The lowest BCUT2D eigenvalue weighted by molar-refractivity contribution is 0.191. The van der Waals surface area contributed by atoms with Crippen molar-refractivity contribution in [2.75, 3.05) is 6.54 Å². The SMILES string of the molecule is N#CC(CCCCNC(=O)O)NC(=O)O. The average molecular weight is 215 g/mol. The molecule has 0 saturated heterocycles. The Labute approximate surface area is 86.7 Å². The number of carbonyl (C=O) groups is 2. The standard InChI is InChI=1S/C8H13N3O4/c9-5-6(11-8(14)15)3-1-2-4-10-7(12)13/h6,10-11H,1-4H2,(H,12,13)(H,14,15). The van der Waals surface area contributed by atoms with Crippen LogP contribution < -0.4 is 10.6 Å². The highest BCUT2D eigenvalue weighted by Gasteiger charge is 2.08. The summed E-state index contributed by atoms with van der Waals surface area (Å²) in [6.07, 6.45) is -0.782. The fraction of sp³-hybridized carbons (Fsp3) is 0.625. The van der Waals surface area contributed by atoms with Gasteiger partial charge in [-0.3, -0.25) is 0 Å². The predicted octanol–water partition coefficient (Wildman–Crippen LogP) is 0.584. The molecule has 0 rings (SSSR count). The van der Waals surface area contributed by atoms with Gasteiger partial charge in [-0.15, -0.1) is 0 Å². The minimum absolute atomic E-state index is 0.306. The highest BCUT2D eigenvalue weighted by atomic mass is 16.4. The van der Waals surface area contributed by atoms with Crippen LogP contribution in [0.1, 0.15) is 19.3 Å². The summed E-state index contributed by atoms with van der Waals surface area (Å²) >= 11 is 0. The molecule has 0 aliphatic rings. The molecule has 7 nitrogen and oxygen atoms in total. The maximum atomic E-state index is 10.2. The van der Waals surface area contributed by atoms with E-state index in [4.69, 9.17) is 15.5 Å². The molecular formula is C8H13N3O4. The van der Waals surface area contributed by atoms with Crippen LogP contribution in [0, 0.1) is 11.3 Å². The number of unbranched alkanes of at least 4 members (excludes halogenated alkanes) is 1. The largest absolute Gasteiger partial charge is 0.465 e. The number of rotatable bonds is 6. The van der Waals surface area contributed by atoms with Crippen LogP contribution in [0.3, 0.4) is 0 Å². The van der Waals surface area contributed by atoms with Crippen LogP contribution in [0.25, 0.3) is 0 Å². The van der Waals surface area contributed by atoms with Crippen molar-refractivity contribution in [3.05, 3.63) is 0 Å². The van der Waals surface area contributed by atoms with Gasteiger partial charge < -0.3 is 20.8 Å². The highest BCUT2D eigenvalue weighted by Crippen LogP contribution is 1.99. The Balaban J connectivity index is 3.52. The molecule has 0 saturated carbocycles. The second-order valence-corrected chi connectivity index (χ2v) is 2.86. The van der Waals surface area contributed by atoms with E-state index < -0.39 is 18.2 Å². The second kappa shape index (κ2) is 7.44. The molecule has 2 amide bonds. The first-order chi connectivity index (χ1) is 7.06. The van der Waals surface area contributed by atoms with E-state index in [-0.39, 0.29) is 0 Å². The monoisotopic (exact) mass is 215 g/mol. The van der Waals surface area contributed by atoms with Crippen LogP contribution in [0.2, 0.25) is 0 Å². The first-order valence-corrected chi connectivity index (χ1v) is 4.42. The average Bonchev–Trinajstić information content (AvgIpc) is 2.14. The van der Waals surface area contributed by atoms with E-state index in [1.54, 1.807) is 6.07 Å². The summed E-state index contributed by atoms with van der Waals surface area (Å²) < 4.78 is 0. The van der Waals surface area contributed by atoms with Crippen molar-refractivity contribution in [2.24, 2.45) is 0 Å². The molecule has 0 aliphatic carbocycles. The van der Waals surface area contributed by atoms with E-state index in [0.29, 0.717) is 25.8 Å². The van der Waals surface area contributed by atoms with Gasteiger partial charge in [-0.2, -0.15) is 5.26 Å². The Morgan fingerprint density at radius 1 is 1.27 bits per heavy atom. The Morgan fingerprint density at radius 2 is 1.93 bits per heavy atom. The summed E-state index contributed by atoms with van der Waals surface area (Å²) in [5, 5.41) is 29.3. The molecule has 4 N–H and O–H groups in total. The van der Waals surface area contributed by atoms with Crippen LogP contribution in [-0.2, 0) is 0 Å². The zero-order chi connectivity index (χ0) is 11.7. The van der Waals surface area contributed by atoms with Gasteiger partial charge in [-0.05, 0) is 19.3 Å². The first-order valence-electron chi connectivity index (χ1n) is 4.42. The van der Waals surface area contributed by atoms with Gasteiger partial charge in [0.1, 0.15) is 6.04 Å². The van der Waals surface area contributed by atoms with Crippen molar-refractivity contribution in [3.8, 4) is 6.07 Å². The maximum absolute atomic E-state index is 10.2. The van der Waals surface area contributed by atoms with E-state index in [2.05, 4.69) is 5.32 Å². The molecule has 15 heavy (non-hydrogen) atoms. The summed E-state index contributed by atoms with van der Waals surface area (Å²) in [7, 11) is 0. The lowest BCUT2D eigenvalue weighted by atomic mass is 10.1. The first kappa shape index (κ1) is 13.0. The van der Waals surface area contributed by atoms with Gasteiger partial charge in [-0.1, -0.05) is 0 Å². The number of nitrogens with one attached hydrogen (secondary N) is 2. The second-order valence-electron chi connectivity index (χ2n) is 2.86. The molecule has 0 bridgehead atoms. The van der Waals surface area contributed by atoms with Crippen LogP contribution in [0.15, 0.2) is 0 Å². The van der Waals surface area contributed by atoms with E-state index in [1.807, 2.05) is 5.32 Å². The summed E-state index contributed by atoms with van der Waals surface area (Å²) in [6.45, 7) is 0.306. The zero-order valence-corrected chi connectivity index (χ0v) is 8.06. The van der Waals surface area contributed by atoms with Crippen LogP contribution in [-0.4, -0.2) is 35.0 Å². The number of hydrogen-bond acceptors (Lipinski definition) is 3. The number of hydrogen-bond donors (Lipinski definition) is 4. The van der Waals surface area contributed by atoms with E-state index in [0.717, 1.165) is 0 Å². The third-order valence-electron chi connectivity index (χ3n) is 1.65. The molecule has 0 aromatic carbocycles. The van der Waals surface area contributed by atoms with Crippen molar-refractivity contribution < 1.29 is 19.8 Å². The number of nitrogens with zero attached hydrogens (tertiary/aromatic N) is 1. The van der Waals surface area contributed by atoms with Gasteiger partial charge in [0.15, 0.2) is 0 Å². The highest BCUT2D eigenvalue weighted by molar-refractivity contribution is 5.65. The van der Waals surface area contributed by atoms with Crippen LogP contribution in [0.5, 0.6) is 0 Å². The van der Waals surface area contributed by atoms with Gasteiger partial charge in [0, 0.05) is 6.54 Å². The van der Waals surface area contributed by atoms with Gasteiger partial charge in [-0.25, -0.2) is 9.59 Å². The quantitative estimate of drug-likeness (QED) is 0.483. The Hall–Kier alpha value is -1.97. The van der Waals surface area contributed by atoms with Gasteiger partial charge in [0.05, 0.1) is 6.07 Å². The minimum atomic E-state index is -1.23. The summed E-state index contributed by atoms with van der Waals surface area (Å²) in [5.74, 6) is 0. The van der Waals surface area contributed by atoms with Gasteiger partial charge in [0.25, 0.3) is 0 Å². The Kier molecular flexibility index (Phi) is 6.46. The zero-order valence-electron chi connectivity index (χ0n) is 8.06. The molecule has 1 atom stereocenters. The topological polar surface area (TPSA) is 122 Å². The molecule has 0 heterocycles. The number of carboxylic acid groups (broad SMARTS) is 2. The number of nitriles is 1. The predicted molar refractivity (Wildman–Crippen MR) is 50.4 cm³/mol. The lowest BCUT2D eigenvalue weighted by Gasteiger charge is -2.07. The molecule has 0 aromatic heterocycles. The summed E-state index contributed by atoms with van der Waals surface area (Å²) in [6, 6.07) is 1.08. The summed E-state index contributed by atoms with van der Waals surface area (Å²) in [4.78, 5) is 20.2. The fourth-order valence-electron chi connectivity index (χ4n) is 0.987. The van der Waals surface area contributed by atoms with Crippen molar-refractivity contribution in [3.63, 3.8) is 0 Å². The molecule has 0 aromatic rings. The molecule has 84 valence electrons. The van der Waals surface area contributed by atoms with E-state index in [1.165, 1.54) is 0 Å². The molecule has 7 heteroatoms. The Bertz CT molecular complexity index is 261. The van der Waals surface area contributed by atoms with Crippen LogP contribution in [0.4, 0.5) is 9.59 Å². The molecule has 0 radical (unpaired) electrons. The van der Waals surface area contributed by atoms with E-state index >= 15 is 0 Å². The van der Waals surface area contributed by atoms with Crippen LogP contribution >= 0.6 is 0 Å². The molecule has 1 unspecified atom stereocenters. The van der Waals surface area contributed by atoms with Crippen molar-refractivity contribution >= 4 is 12.2 Å². The molecule has 0 fully saturated rings. The third kappa shape index (κ3) is 8.36. The maximum Gasteiger partial charge on any atom is 0.405 e. The summed E-state index contributed by atoms with van der Waals surface area (Å²) in [5.41, 5.74) is 0. The third-order valence-corrected chi connectivity index (χ3v) is 1.65. The van der Waals surface area contributed by atoms with Gasteiger partial charge >= 0.3 is 12.2 Å². The Morgan fingerprint density at radius 3 is 2.40 bits per heavy atom. The van der Waals surface area contributed by atoms with Gasteiger partial charge in [0.2, 0.25) is 0 Å².